The van der Waals surface area contributed by atoms with Gasteiger partial charge in [-0.05, 0) is 38.1 Å². The van der Waals surface area contributed by atoms with E-state index in [4.69, 9.17) is 0 Å². The highest BCUT2D eigenvalue weighted by Gasteiger charge is 2.13. The molecular weight excluding hydrogens is 284 g/mol. The van der Waals surface area contributed by atoms with Gasteiger partial charge in [-0.3, -0.25) is 20.0 Å². The standard InChI is InChI=1S/C15H18N4OS/c20-14(13-6-2-3-7-16-13)18-15-17-12(11-21-15)10-19-8-4-1-5-9-19/h2-3,6-7,11H,1,4-5,8-10H2,(H,17,18,20). The molecule has 0 spiro atoms. The first kappa shape index (κ1) is 14.2. The fourth-order valence-electron chi connectivity index (χ4n) is 2.44. The van der Waals surface area contributed by atoms with Crippen molar-refractivity contribution in [1.82, 2.24) is 14.9 Å². The van der Waals surface area contributed by atoms with Crippen LogP contribution < -0.4 is 5.32 Å². The lowest BCUT2D eigenvalue weighted by Crippen LogP contribution is -2.29. The molecule has 110 valence electrons. The number of piperidine rings is 1. The van der Waals surface area contributed by atoms with E-state index in [1.807, 2.05) is 5.38 Å². The van der Waals surface area contributed by atoms with Crippen LogP contribution in [0.2, 0.25) is 0 Å². The SMILES string of the molecule is O=C(Nc1nc(CN2CCCCC2)cs1)c1ccccn1. The van der Waals surface area contributed by atoms with Gasteiger partial charge in [-0.25, -0.2) is 4.98 Å². The molecule has 21 heavy (non-hydrogen) atoms. The van der Waals surface area contributed by atoms with Gasteiger partial charge in [0, 0.05) is 18.1 Å². The van der Waals surface area contributed by atoms with Gasteiger partial charge in [0.15, 0.2) is 5.13 Å². The largest absolute Gasteiger partial charge is 0.297 e. The van der Waals surface area contributed by atoms with Crippen molar-refractivity contribution >= 4 is 22.4 Å². The molecule has 1 saturated heterocycles. The highest BCUT2D eigenvalue weighted by atomic mass is 32.1. The molecule has 2 aromatic heterocycles. The maximum absolute atomic E-state index is 12.0. The molecule has 6 heteroatoms. The van der Waals surface area contributed by atoms with E-state index in [-0.39, 0.29) is 5.91 Å². The third-order valence-electron chi connectivity index (χ3n) is 3.50. The number of amides is 1. The van der Waals surface area contributed by atoms with Crippen LogP contribution in [-0.2, 0) is 6.54 Å². The molecule has 0 aliphatic carbocycles. The second-order valence-corrected chi connectivity index (χ2v) is 6.01. The summed E-state index contributed by atoms with van der Waals surface area (Å²) in [5.41, 5.74) is 1.43. The quantitative estimate of drug-likeness (QED) is 0.943. The minimum atomic E-state index is -0.213. The summed E-state index contributed by atoms with van der Waals surface area (Å²) < 4.78 is 0. The third-order valence-corrected chi connectivity index (χ3v) is 4.31. The average Bonchev–Trinajstić information content (AvgIpc) is 2.96. The number of thiazole rings is 1. The van der Waals surface area contributed by atoms with Crippen LogP contribution in [0.3, 0.4) is 0 Å². The van der Waals surface area contributed by atoms with Gasteiger partial charge in [0.1, 0.15) is 5.69 Å². The summed E-state index contributed by atoms with van der Waals surface area (Å²) in [7, 11) is 0. The van der Waals surface area contributed by atoms with E-state index in [2.05, 4.69) is 20.2 Å². The number of carbonyl (C=O) groups excluding carboxylic acids is 1. The Morgan fingerprint density at radius 1 is 1.29 bits per heavy atom. The van der Waals surface area contributed by atoms with Crippen molar-refractivity contribution in [2.45, 2.75) is 25.8 Å². The third kappa shape index (κ3) is 3.86. The zero-order chi connectivity index (χ0) is 14.5. The molecule has 0 atom stereocenters. The Kier molecular flexibility index (Phi) is 4.57. The van der Waals surface area contributed by atoms with Gasteiger partial charge in [-0.15, -0.1) is 11.3 Å². The number of likely N-dealkylation sites (tertiary alicyclic amines) is 1. The lowest BCUT2D eigenvalue weighted by Gasteiger charge is -2.25. The van der Waals surface area contributed by atoms with Crippen LogP contribution in [0.4, 0.5) is 5.13 Å². The fourth-order valence-corrected chi connectivity index (χ4v) is 3.14. The number of hydrogen-bond acceptors (Lipinski definition) is 5. The van der Waals surface area contributed by atoms with Gasteiger partial charge in [0.25, 0.3) is 5.91 Å². The Balaban J connectivity index is 1.58. The van der Waals surface area contributed by atoms with Crippen LogP contribution in [0.5, 0.6) is 0 Å². The molecule has 1 aliphatic heterocycles. The smallest absolute Gasteiger partial charge is 0.276 e. The van der Waals surface area contributed by atoms with E-state index in [0.29, 0.717) is 10.8 Å². The van der Waals surface area contributed by atoms with Crippen molar-refractivity contribution in [3.63, 3.8) is 0 Å². The predicted octanol–water partition coefficient (Wildman–Crippen LogP) is 2.78. The normalized spacial score (nSPS) is 15.8. The molecule has 1 N–H and O–H groups in total. The number of nitrogens with zero attached hydrogens (tertiary/aromatic N) is 3. The van der Waals surface area contributed by atoms with Gasteiger partial charge < -0.3 is 0 Å². The first-order valence-electron chi connectivity index (χ1n) is 7.20. The molecule has 3 heterocycles. The number of aromatic nitrogens is 2. The molecule has 3 rings (SSSR count). The van der Waals surface area contributed by atoms with Gasteiger partial charge in [-0.2, -0.15) is 0 Å². The van der Waals surface area contributed by atoms with Crippen LogP contribution in [-0.4, -0.2) is 33.9 Å². The first-order valence-corrected chi connectivity index (χ1v) is 8.08. The molecule has 2 aromatic rings. The van der Waals surface area contributed by atoms with Crippen LogP contribution in [0.15, 0.2) is 29.8 Å². The summed E-state index contributed by atoms with van der Waals surface area (Å²) in [4.78, 5) is 22.9. The van der Waals surface area contributed by atoms with Crippen molar-refractivity contribution in [3.8, 4) is 0 Å². The number of nitrogens with one attached hydrogen (secondary N) is 1. The van der Waals surface area contributed by atoms with Gasteiger partial charge in [-0.1, -0.05) is 12.5 Å². The minimum Gasteiger partial charge on any atom is -0.297 e. The number of hydrogen-bond donors (Lipinski definition) is 1. The zero-order valence-electron chi connectivity index (χ0n) is 11.8. The Morgan fingerprint density at radius 2 is 2.14 bits per heavy atom. The Morgan fingerprint density at radius 3 is 2.90 bits per heavy atom. The predicted molar refractivity (Wildman–Crippen MR) is 83.4 cm³/mol. The van der Waals surface area contributed by atoms with Crippen molar-refractivity contribution in [2.24, 2.45) is 0 Å². The summed E-state index contributed by atoms with van der Waals surface area (Å²) in [5, 5.41) is 5.46. The van der Waals surface area contributed by atoms with E-state index in [0.717, 1.165) is 25.3 Å². The number of pyridine rings is 1. The Bertz CT molecular complexity index is 593. The first-order chi connectivity index (χ1) is 10.3. The summed E-state index contributed by atoms with van der Waals surface area (Å²) in [6.07, 6.45) is 5.48. The lowest BCUT2D eigenvalue weighted by molar-refractivity contribution is 0.102. The molecule has 0 bridgehead atoms. The summed E-state index contributed by atoms with van der Waals surface area (Å²) in [6, 6.07) is 5.28. The maximum Gasteiger partial charge on any atom is 0.276 e. The van der Waals surface area contributed by atoms with Crippen LogP contribution in [0, 0.1) is 0 Å². The van der Waals surface area contributed by atoms with Crippen LogP contribution in [0.25, 0.3) is 0 Å². The van der Waals surface area contributed by atoms with E-state index >= 15 is 0 Å². The van der Waals surface area contributed by atoms with E-state index in [1.54, 1.807) is 24.4 Å². The monoisotopic (exact) mass is 302 g/mol. The van der Waals surface area contributed by atoms with Crippen molar-refractivity contribution < 1.29 is 4.79 Å². The number of anilines is 1. The van der Waals surface area contributed by atoms with Crippen LogP contribution >= 0.6 is 11.3 Å². The summed E-state index contributed by atoms with van der Waals surface area (Å²) in [5.74, 6) is -0.213. The lowest BCUT2D eigenvalue weighted by atomic mass is 10.1. The molecule has 0 saturated carbocycles. The number of carbonyl (C=O) groups is 1. The second-order valence-electron chi connectivity index (χ2n) is 5.15. The topological polar surface area (TPSA) is 58.1 Å². The summed E-state index contributed by atoms with van der Waals surface area (Å²) in [6.45, 7) is 3.16. The molecule has 1 amide bonds. The highest BCUT2D eigenvalue weighted by molar-refractivity contribution is 7.13. The number of rotatable bonds is 4. The van der Waals surface area contributed by atoms with Crippen molar-refractivity contribution in [1.29, 1.82) is 0 Å². The fraction of sp³-hybridized carbons (Fsp3) is 0.400. The van der Waals surface area contributed by atoms with Crippen LogP contribution in [0.1, 0.15) is 35.4 Å². The Hall–Kier alpha value is -1.79. The Labute approximate surface area is 128 Å². The van der Waals surface area contributed by atoms with Crippen molar-refractivity contribution in [2.75, 3.05) is 18.4 Å². The highest BCUT2D eigenvalue weighted by Crippen LogP contribution is 2.19. The second kappa shape index (κ2) is 6.78. The molecule has 0 aromatic carbocycles. The molecule has 0 radical (unpaired) electrons. The zero-order valence-corrected chi connectivity index (χ0v) is 12.6. The van der Waals surface area contributed by atoms with Gasteiger partial charge in [0.05, 0.1) is 5.69 Å². The van der Waals surface area contributed by atoms with Gasteiger partial charge in [0.2, 0.25) is 0 Å². The molecule has 0 unspecified atom stereocenters. The maximum atomic E-state index is 12.0. The molecule has 1 fully saturated rings. The average molecular weight is 302 g/mol. The van der Waals surface area contributed by atoms with Crippen molar-refractivity contribution in [3.05, 3.63) is 41.2 Å². The molecular formula is C15H18N4OS. The minimum absolute atomic E-state index is 0.213. The van der Waals surface area contributed by atoms with E-state index in [1.165, 1.54) is 30.6 Å². The van der Waals surface area contributed by atoms with Gasteiger partial charge >= 0.3 is 0 Å². The molecule has 1 aliphatic rings. The molecule has 5 nitrogen and oxygen atoms in total. The van der Waals surface area contributed by atoms with E-state index < -0.39 is 0 Å². The summed E-state index contributed by atoms with van der Waals surface area (Å²) >= 11 is 1.46. The van der Waals surface area contributed by atoms with E-state index in [9.17, 15) is 4.79 Å².